The molecule has 0 unspecified atom stereocenters. The highest BCUT2D eigenvalue weighted by molar-refractivity contribution is 5.89. The van der Waals surface area contributed by atoms with Crippen LogP contribution in [0.5, 0.6) is 11.5 Å². The summed E-state index contributed by atoms with van der Waals surface area (Å²) < 4.78 is 11.3. The highest BCUT2D eigenvalue weighted by Gasteiger charge is 2.19. The first-order chi connectivity index (χ1) is 21.3. The lowest BCUT2D eigenvalue weighted by atomic mass is 9.83. The molecular formula is C37H50N4O3. The van der Waals surface area contributed by atoms with Gasteiger partial charge in [-0.15, -0.1) is 0 Å². The molecule has 0 radical (unpaired) electrons. The maximum Gasteiger partial charge on any atom is 0.224 e. The van der Waals surface area contributed by atoms with Crippen molar-refractivity contribution < 1.29 is 14.3 Å². The molecule has 1 heterocycles. The molecule has 1 aliphatic rings. The molecule has 0 saturated heterocycles. The Balaban J connectivity index is 0.000000276. The number of fused-ring (bicyclic) bond motifs is 1. The molecule has 4 aromatic rings. The predicted molar refractivity (Wildman–Crippen MR) is 182 cm³/mol. The molecule has 1 aromatic heterocycles. The number of benzene rings is 3. The summed E-state index contributed by atoms with van der Waals surface area (Å²) in [7, 11) is 5.61. The van der Waals surface area contributed by atoms with E-state index in [4.69, 9.17) is 9.47 Å². The van der Waals surface area contributed by atoms with Gasteiger partial charge < -0.3 is 19.7 Å². The first-order valence-corrected chi connectivity index (χ1v) is 15.8. The van der Waals surface area contributed by atoms with E-state index in [1.807, 2.05) is 113 Å². The second-order valence-corrected chi connectivity index (χ2v) is 11.4. The largest absolute Gasteiger partial charge is 0.493 e. The first-order valence-electron chi connectivity index (χ1n) is 15.8. The number of amides is 1. The van der Waals surface area contributed by atoms with Crippen molar-refractivity contribution in [3.8, 4) is 11.5 Å². The van der Waals surface area contributed by atoms with Crippen molar-refractivity contribution in [1.82, 2.24) is 15.3 Å². The zero-order chi connectivity index (χ0) is 31.9. The van der Waals surface area contributed by atoms with Crippen molar-refractivity contribution in [2.24, 2.45) is 11.8 Å². The number of carbonyl (C=O) groups is 1. The number of aromatic nitrogens is 2. The van der Waals surface area contributed by atoms with Crippen molar-refractivity contribution in [2.45, 2.75) is 66.4 Å². The second-order valence-electron chi connectivity index (χ2n) is 11.4. The third-order valence-corrected chi connectivity index (χ3v) is 7.67. The first kappa shape index (κ1) is 34.4. The van der Waals surface area contributed by atoms with Crippen LogP contribution in [0.15, 0.2) is 72.8 Å². The number of para-hydroxylation sites is 1. The fourth-order valence-electron chi connectivity index (χ4n) is 5.23. The van der Waals surface area contributed by atoms with E-state index in [9.17, 15) is 4.79 Å². The Hall–Kier alpha value is -4.13. The molecule has 1 amide bonds. The van der Waals surface area contributed by atoms with Crippen LogP contribution in [0.1, 0.15) is 63.4 Å². The van der Waals surface area contributed by atoms with Crippen molar-refractivity contribution in [2.75, 3.05) is 32.6 Å². The smallest absolute Gasteiger partial charge is 0.224 e. The molecule has 1 aliphatic carbocycles. The van der Waals surface area contributed by atoms with Crippen molar-refractivity contribution in [3.05, 3.63) is 89.7 Å². The number of anilines is 1. The number of rotatable bonds is 9. The van der Waals surface area contributed by atoms with Crippen molar-refractivity contribution >= 4 is 22.6 Å². The van der Waals surface area contributed by atoms with E-state index in [0.717, 1.165) is 46.1 Å². The van der Waals surface area contributed by atoms with Gasteiger partial charge in [-0.3, -0.25) is 4.79 Å². The summed E-state index contributed by atoms with van der Waals surface area (Å²) in [5, 5.41) is 4.20. The highest BCUT2D eigenvalue weighted by Crippen LogP contribution is 2.30. The Morgan fingerprint density at radius 2 is 1.57 bits per heavy atom. The van der Waals surface area contributed by atoms with Crippen LogP contribution in [0.25, 0.3) is 10.9 Å². The molecule has 0 bridgehead atoms. The van der Waals surface area contributed by atoms with E-state index < -0.39 is 0 Å². The van der Waals surface area contributed by atoms with E-state index in [0.29, 0.717) is 30.4 Å². The average Bonchev–Trinajstić information content (AvgIpc) is 3.05. The molecule has 1 saturated carbocycles. The molecule has 44 heavy (non-hydrogen) atoms. The Morgan fingerprint density at radius 1 is 0.886 bits per heavy atom. The second kappa shape index (κ2) is 17.9. The van der Waals surface area contributed by atoms with Gasteiger partial charge >= 0.3 is 0 Å². The predicted octanol–water partition coefficient (Wildman–Crippen LogP) is 7.79. The van der Waals surface area contributed by atoms with Gasteiger partial charge in [0, 0.05) is 26.0 Å². The van der Waals surface area contributed by atoms with Gasteiger partial charge in [0.05, 0.1) is 19.0 Å². The zero-order valence-corrected chi connectivity index (χ0v) is 27.6. The molecule has 3 aromatic carbocycles. The van der Waals surface area contributed by atoms with E-state index in [2.05, 4.69) is 22.2 Å². The van der Waals surface area contributed by atoms with Crippen LogP contribution in [-0.2, 0) is 17.8 Å². The summed E-state index contributed by atoms with van der Waals surface area (Å²) in [6.45, 7) is 9.51. The summed E-state index contributed by atoms with van der Waals surface area (Å²) in [6.07, 6.45) is 5.37. The van der Waals surface area contributed by atoms with Crippen molar-refractivity contribution in [3.63, 3.8) is 0 Å². The minimum absolute atomic E-state index is 0.0682. The fraction of sp³-hybridized carbons (Fsp3) is 0.432. The van der Waals surface area contributed by atoms with Gasteiger partial charge in [0.25, 0.3) is 0 Å². The van der Waals surface area contributed by atoms with Gasteiger partial charge in [-0.1, -0.05) is 82.1 Å². The zero-order valence-electron chi connectivity index (χ0n) is 27.6. The van der Waals surface area contributed by atoms with Crippen LogP contribution >= 0.6 is 0 Å². The molecule has 1 fully saturated rings. The monoisotopic (exact) mass is 598 g/mol. The Kier molecular flexibility index (Phi) is 13.9. The molecule has 1 N–H and O–H groups in total. The molecule has 5 rings (SSSR count). The number of nitrogens with one attached hydrogen (secondary N) is 1. The number of methoxy groups -OCH3 is 1. The topological polar surface area (TPSA) is 76.6 Å². The van der Waals surface area contributed by atoms with E-state index >= 15 is 0 Å². The molecule has 0 atom stereocenters. The third kappa shape index (κ3) is 10.5. The lowest BCUT2D eigenvalue weighted by Crippen LogP contribution is -2.32. The lowest BCUT2D eigenvalue weighted by molar-refractivity contribution is -0.120. The van der Waals surface area contributed by atoms with E-state index in [-0.39, 0.29) is 5.91 Å². The SMILES string of the molecule is CC.COc1cc(CC(=O)NCC2CCC(C)CC2)ccc1OCc1ccccc1.Cc1nc(N(C)C)c2ccccc2n1. The standard InChI is InChI=1S/C24H31NO3.C11H13N3.C2H6/c1-18-8-10-19(11-9-18)16-25-24(26)15-21-12-13-22(23(14-21)27-2)28-17-20-6-4-3-5-7-20;1-8-12-10-7-5-4-6-9(10)11(13-8)14(2)3;1-2/h3-7,12-14,18-19H,8-11,15-17H2,1-2H3,(H,25,26);4-7H,1-3H3;1-2H3. The normalized spacial score (nSPS) is 15.6. The summed E-state index contributed by atoms with van der Waals surface area (Å²) in [6, 6.07) is 23.8. The summed E-state index contributed by atoms with van der Waals surface area (Å²) >= 11 is 0. The minimum Gasteiger partial charge on any atom is -0.493 e. The number of nitrogens with zero attached hydrogens (tertiary/aromatic N) is 3. The molecule has 7 heteroatoms. The lowest BCUT2D eigenvalue weighted by Gasteiger charge is -2.26. The van der Waals surface area contributed by atoms with Crippen molar-refractivity contribution in [1.29, 1.82) is 0 Å². The van der Waals surface area contributed by atoms with Crippen LogP contribution in [0.3, 0.4) is 0 Å². The van der Waals surface area contributed by atoms with Gasteiger partial charge in [-0.2, -0.15) is 0 Å². The van der Waals surface area contributed by atoms with Crippen LogP contribution in [0.4, 0.5) is 5.82 Å². The van der Waals surface area contributed by atoms with Gasteiger partial charge in [-0.05, 0) is 67.0 Å². The quantitative estimate of drug-likeness (QED) is 0.212. The summed E-state index contributed by atoms with van der Waals surface area (Å²) in [4.78, 5) is 23.1. The van der Waals surface area contributed by atoms with Crippen LogP contribution in [0, 0.1) is 18.8 Å². The molecule has 0 aliphatic heterocycles. The van der Waals surface area contributed by atoms with Gasteiger partial charge in [0.15, 0.2) is 11.5 Å². The average molecular weight is 599 g/mol. The fourth-order valence-corrected chi connectivity index (χ4v) is 5.23. The number of carbonyl (C=O) groups excluding carboxylic acids is 1. The maximum absolute atomic E-state index is 12.3. The number of ether oxygens (including phenoxy) is 2. The highest BCUT2D eigenvalue weighted by atomic mass is 16.5. The number of hydrogen-bond donors (Lipinski definition) is 1. The van der Waals surface area contributed by atoms with E-state index in [1.165, 1.54) is 25.7 Å². The summed E-state index contributed by atoms with van der Waals surface area (Å²) in [5.41, 5.74) is 3.03. The molecule has 7 nitrogen and oxygen atoms in total. The number of aryl methyl sites for hydroxylation is 1. The Morgan fingerprint density at radius 3 is 2.25 bits per heavy atom. The van der Waals surface area contributed by atoms with Crippen LogP contribution in [-0.4, -0.2) is 43.6 Å². The van der Waals surface area contributed by atoms with Gasteiger partial charge in [0.2, 0.25) is 5.91 Å². The van der Waals surface area contributed by atoms with Gasteiger partial charge in [0.1, 0.15) is 18.2 Å². The minimum atomic E-state index is 0.0682. The molecule has 0 spiro atoms. The van der Waals surface area contributed by atoms with Crippen LogP contribution in [0.2, 0.25) is 0 Å². The van der Waals surface area contributed by atoms with E-state index in [1.54, 1.807) is 7.11 Å². The summed E-state index contributed by atoms with van der Waals surface area (Å²) in [5.74, 6) is 4.67. The van der Waals surface area contributed by atoms with Crippen LogP contribution < -0.4 is 19.7 Å². The third-order valence-electron chi connectivity index (χ3n) is 7.67. The number of hydrogen-bond acceptors (Lipinski definition) is 6. The Labute approximate surface area is 264 Å². The van der Waals surface area contributed by atoms with Gasteiger partial charge in [-0.25, -0.2) is 9.97 Å². The molecular weight excluding hydrogens is 548 g/mol. The molecule has 236 valence electrons. The maximum atomic E-state index is 12.3. The Bertz CT molecular complexity index is 1430.